The molecule has 1 aromatic carbocycles. The van der Waals surface area contributed by atoms with Crippen LogP contribution >= 0.6 is 11.3 Å². The van der Waals surface area contributed by atoms with E-state index in [2.05, 4.69) is 26.1 Å². The summed E-state index contributed by atoms with van der Waals surface area (Å²) in [6, 6.07) is 8.54. The molecule has 0 spiro atoms. The minimum atomic E-state index is -3.64. The smallest absolute Gasteiger partial charge is 0.328 e. The Morgan fingerprint density at radius 3 is 2.96 bits per heavy atom. The third-order valence-corrected chi connectivity index (χ3v) is 6.08. The zero-order valence-electron chi connectivity index (χ0n) is 14.1. The lowest BCUT2D eigenvalue weighted by Crippen LogP contribution is -2.72. The molecule has 3 rings (SSSR count). The van der Waals surface area contributed by atoms with Crippen molar-refractivity contribution in [2.45, 2.75) is 24.7 Å². The number of aromatic nitrogens is 1. The molecule has 0 radical (unpaired) electrons. The van der Waals surface area contributed by atoms with Gasteiger partial charge in [-0.05, 0) is 31.5 Å². The van der Waals surface area contributed by atoms with E-state index in [0.717, 1.165) is 18.7 Å². The second-order valence-corrected chi connectivity index (χ2v) is 8.29. The van der Waals surface area contributed by atoms with Crippen molar-refractivity contribution in [2.75, 3.05) is 11.9 Å². The van der Waals surface area contributed by atoms with E-state index in [1.54, 1.807) is 12.1 Å². The Labute approximate surface area is 156 Å². The first-order valence-electron chi connectivity index (χ1n) is 8.00. The van der Waals surface area contributed by atoms with Gasteiger partial charge in [0.2, 0.25) is 0 Å². The molecule has 3 N–H and O–H groups in total. The predicted molar refractivity (Wildman–Crippen MR) is 101 cm³/mol. The van der Waals surface area contributed by atoms with Crippen LogP contribution in [0.5, 0.6) is 0 Å². The van der Waals surface area contributed by atoms with Crippen molar-refractivity contribution in [2.24, 2.45) is 0 Å². The van der Waals surface area contributed by atoms with E-state index < -0.39 is 10.0 Å². The standard InChI is InChI=1S/C17H17N5O2S2/c1-12-11-25-17(21-12)13(9-18)10-20-14-4-2-5-15(8-14)26(23,24)22-16-6-3-7-19-16/h2,4-5,8,10-11,20H,3,6-7H2,1H3,(H,19,22)/p+1/b13-10+. The first-order valence-corrected chi connectivity index (χ1v) is 10.4. The molecular formula is C17H18N5O2S2+. The molecule has 9 heteroatoms. The second kappa shape index (κ2) is 7.68. The fourth-order valence-electron chi connectivity index (χ4n) is 2.43. The van der Waals surface area contributed by atoms with E-state index in [9.17, 15) is 13.7 Å². The monoisotopic (exact) mass is 388 g/mol. The van der Waals surface area contributed by atoms with Crippen LogP contribution in [-0.2, 0) is 10.0 Å². The van der Waals surface area contributed by atoms with Crippen LogP contribution in [0.4, 0.5) is 5.69 Å². The minimum Gasteiger partial charge on any atom is -0.360 e. The molecule has 0 bridgehead atoms. The van der Waals surface area contributed by atoms with Crippen LogP contribution in [0, 0.1) is 18.3 Å². The van der Waals surface area contributed by atoms with Gasteiger partial charge < -0.3 is 5.32 Å². The van der Waals surface area contributed by atoms with Crippen LogP contribution in [0.2, 0.25) is 0 Å². The number of nitriles is 1. The van der Waals surface area contributed by atoms with E-state index >= 15 is 0 Å². The Morgan fingerprint density at radius 2 is 2.31 bits per heavy atom. The van der Waals surface area contributed by atoms with Gasteiger partial charge >= 0.3 is 10.0 Å². The number of hydrogen-bond donors (Lipinski definition) is 3. The number of nitrogens with zero attached hydrogens (tertiary/aromatic N) is 2. The van der Waals surface area contributed by atoms with Crippen LogP contribution in [0.1, 0.15) is 23.5 Å². The largest absolute Gasteiger partial charge is 0.360 e. The Kier molecular flexibility index (Phi) is 5.35. The van der Waals surface area contributed by atoms with Gasteiger partial charge in [-0.3, -0.25) is 4.99 Å². The molecule has 0 saturated carbocycles. The van der Waals surface area contributed by atoms with Gasteiger partial charge in [-0.1, -0.05) is 6.07 Å². The molecule has 0 fully saturated rings. The van der Waals surface area contributed by atoms with Gasteiger partial charge in [0.1, 0.15) is 21.5 Å². The molecular weight excluding hydrogens is 370 g/mol. The highest BCUT2D eigenvalue weighted by Crippen LogP contribution is 2.20. The summed E-state index contributed by atoms with van der Waals surface area (Å²) < 4.78 is 27.5. The fraction of sp³-hybridized carbons (Fsp3) is 0.235. The molecule has 1 aliphatic rings. The topological polar surface area (TPSA) is 109 Å². The third-order valence-electron chi connectivity index (χ3n) is 3.70. The zero-order chi connectivity index (χ0) is 18.6. The van der Waals surface area contributed by atoms with Gasteiger partial charge in [-0.15, -0.1) is 11.3 Å². The lowest BCUT2D eigenvalue weighted by molar-refractivity contribution is -0.448. The lowest BCUT2D eigenvalue weighted by Gasteiger charge is -2.05. The van der Waals surface area contributed by atoms with Crippen molar-refractivity contribution in [1.82, 2.24) is 9.71 Å². The quantitative estimate of drug-likeness (QED) is 0.662. The van der Waals surface area contributed by atoms with Gasteiger partial charge in [0.25, 0.3) is 5.84 Å². The Hall–Kier alpha value is -2.70. The number of nitrogens with one attached hydrogen (secondary N) is 3. The third kappa shape index (κ3) is 4.28. The summed E-state index contributed by atoms with van der Waals surface area (Å²) >= 11 is 1.39. The van der Waals surface area contributed by atoms with Crippen LogP contribution in [0.25, 0.3) is 5.57 Å². The Bertz CT molecular complexity index is 1020. The normalized spacial score (nSPS) is 14.6. The maximum absolute atomic E-state index is 12.5. The first-order chi connectivity index (χ1) is 12.5. The van der Waals surface area contributed by atoms with E-state index in [1.165, 1.54) is 29.7 Å². The molecule has 26 heavy (non-hydrogen) atoms. The maximum atomic E-state index is 12.5. The summed E-state index contributed by atoms with van der Waals surface area (Å²) in [4.78, 5) is 7.46. The summed E-state index contributed by atoms with van der Waals surface area (Å²) in [6.07, 6.45) is 3.14. The molecule has 7 nitrogen and oxygen atoms in total. The highest BCUT2D eigenvalue weighted by Gasteiger charge is 2.24. The molecule has 0 aliphatic carbocycles. The van der Waals surface area contributed by atoms with E-state index in [-0.39, 0.29) is 4.90 Å². The van der Waals surface area contributed by atoms with Crippen molar-refractivity contribution in [3.8, 4) is 6.07 Å². The average Bonchev–Trinajstić information content (AvgIpc) is 3.27. The number of aryl methyl sites for hydroxylation is 1. The van der Waals surface area contributed by atoms with Crippen molar-refractivity contribution < 1.29 is 13.4 Å². The molecule has 0 atom stereocenters. The first kappa shape index (κ1) is 18.1. The molecule has 1 aliphatic heterocycles. The molecule has 0 unspecified atom stereocenters. The van der Waals surface area contributed by atoms with Crippen LogP contribution in [0.3, 0.4) is 0 Å². The predicted octanol–water partition coefficient (Wildman–Crippen LogP) is 0.979. The molecule has 1 aromatic heterocycles. The summed E-state index contributed by atoms with van der Waals surface area (Å²) in [6.45, 7) is 2.64. The summed E-state index contributed by atoms with van der Waals surface area (Å²) in [5, 5.41) is 14.8. The molecule has 0 saturated heterocycles. The van der Waals surface area contributed by atoms with E-state index in [0.29, 0.717) is 28.5 Å². The highest BCUT2D eigenvalue weighted by molar-refractivity contribution is 7.90. The summed E-state index contributed by atoms with van der Waals surface area (Å²) in [7, 11) is -3.64. The zero-order valence-corrected chi connectivity index (χ0v) is 15.7. The van der Waals surface area contributed by atoms with Crippen molar-refractivity contribution in [3.05, 3.63) is 46.5 Å². The molecule has 134 valence electrons. The number of allylic oxidation sites excluding steroid dienone is 1. The SMILES string of the molecule is Cc1csc(/C(C#N)=C/Nc2cccc(S(=O)(=O)NC3=[NH+]CCC3)c2)n1. The number of rotatable bonds is 5. The lowest BCUT2D eigenvalue weighted by atomic mass is 10.3. The number of hydrogen-bond acceptors (Lipinski definition) is 6. The molecule has 2 heterocycles. The van der Waals surface area contributed by atoms with E-state index in [4.69, 9.17) is 0 Å². The highest BCUT2D eigenvalue weighted by atomic mass is 32.2. The second-order valence-electron chi connectivity index (χ2n) is 5.75. The summed E-state index contributed by atoms with van der Waals surface area (Å²) in [5.74, 6) is 0.620. The molecule has 0 amide bonds. The van der Waals surface area contributed by atoms with Gasteiger partial charge in [0.15, 0.2) is 0 Å². The Morgan fingerprint density at radius 1 is 1.46 bits per heavy atom. The van der Waals surface area contributed by atoms with Crippen molar-refractivity contribution >= 4 is 38.5 Å². The van der Waals surface area contributed by atoms with Crippen LogP contribution < -0.4 is 15.0 Å². The number of amidine groups is 1. The van der Waals surface area contributed by atoms with Gasteiger partial charge in [0.05, 0.1) is 13.0 Å². The number of thiazole rings is 1. The van der Waals surface area contributed by atoms with Crippen LogP contribution in [-0.4, -0.2) is 25.8 Å². The number of anilines is 1. The van der Waals surface area contributed by atoms with Crippen LogP contribution in [0.15, 0.2) is 40.7 Å². The van der Waals surface area contributed by atoms with Crippen molar-refractivity contribution in [3.63, 3.8) is 0 Å². The van der Waals surface area contributed by atoms with Gasteiger partial charge in [0, 0.05) is 23.0 Å². The number of sulfonamides is 1. The average molecular weight is 388 g/mol. The molecule has 2 aromatic rings. The fourth-order valence-corrected chi connectivity index (χ4v) is 4.35. The minimum absolute atomic E-state index is 0.153. The van der Waals surface area contributed by atoms with Gasteiger partial charge in [-0.25, -0.2) is 4.98 Å². The van der Waals surface area contributed by atoms with Gasteiger partial charge in [-0.2, -0.15) is 18.4 Å². The summed E-state index contributed by atoms with van der Waals surface area (Å²) in [5.41, 5.74) is 1.81. The van der Waals surface area contributed by atoms with Crippen molar-refractivity contribution in [1.29, 1.82) is 5.26 Å². The van der Waals surface area contributed by atoms with E-state index in [1.807, 2.05) is 12.3 Å². The maximum Gasteiger partial charge on any atom is 0.328 e. The Balaban J connectivity index is 1.79. The number of benzene rings is 1.